The van der Waals surface area contributed by atoms with E-state index in [1.165, 1.54) is 17.0 Å². The molecule has 25 heavy (non-hydrogen) atoms. The lowest BCUT2D eigenvalue weighted by Crippen LogP contribution is -2.39. The first-order valence-corrected chi connectivity index (χ1v) is 8.85. The largest absolute Gasteiger partial charge is 0.481 e. The molecule has 1 aliphatic heterocycles. The van der Waals surface area contributed by atoms with Crippen LogP contribution in [0, 0.1) is 22.0 Å². The molecule has 0 radical (unpaired) electrons. The number of nitro groups is 1. The molecule has 0 unspecified atom stereocenters. The number of nitrogens with one attached hydrogen (secondary N) is 1. The van der Waals surface area contributed by atoms with E-state index < -0.39 is 49.9 Å². The fourth-order valence-electron chi connectivity index (χ4n) is 2.67. The highest BCUT2D eigenvalue weighted by Gasteiger charge is 2.37. The van der Waals surface area contributed by atoms with Gasteiger partial charge in [-0.3, -0.25) is 19.7 Å². The van der Waals surface area contributed by atoms with Crippen LogP contribution in [0.3, 0.4) is 0 Å². The number of sulfonamides is 1. The maximum atomic E-state index is 12.2. The number of carboxylic acids is 1. The summed E-state index contributed by atoms with van der Waals surface area (Å²) in [4.78, 5) is 34.0. The second-order valence-corrected chi connectivity index (χ2v) is 7.51. The maximum absolute atomic E-state index is 12.2. The number of amides is 1. The minimum Gasteiger partial charge on any atom is -0.481 e. The van der Waals surface area contributed by atoms with Gasteiger partial charge in [-0.2, -0.15) is 0 Å². The van der Waals surface area contributed by atoms with Crippen LogP contribution in [0.2, 0.25) is 0 Å². The van der Waals surface area contributed by atoms with Crippen LogP contribution in [0.4, 0.5) is 5.69 Å². The summed E-state index contributed by atoms with van der Waals surface area (Å²) in [5.41, 5.74) is -0.594. The van der Waals surface area contributed by atoms with Gasteiger partial charge < -0.3 is 10.0 Å². The number of para-hydroxylation sites is 1. The molecule has 1 amide bonds. The van der Waals surface area contributed by atoms with Gasteiger partial charge in [0.05, 0.1) is 17.4 Å². The van der Waals surface area contributed by atoms with Gasteiger partial charge in [0.1, 0.15) is 0 Å². The number of hydrogen-bond donors (Lipinski definition) is 2. The van der Waals surface area contributed by atoms with Crippen LogP contribution in [-0.2, 0) is 19.6 Å². The zero-order chi connectivity index (χ0) is 18.8. The van der Waals surface area contributed by atoms with Gasteiger partial charge in [0.25, 0.3) is 5.69 Å². The molecule has 2 N–H and O–H groups in total. The van der Waals surface area contributed by atoms with Crippen LogP contribution in [0.5, 0.6) is 0 Å². The SMILES string of the molecule is C[C@@H]1CN(C(=O)CNS(=O)(=O)c2ccccc2[N+](=O)[O-])C[C@H]1C(=O)O. The molecule has 10 nitrogen and oxygen atoms in total. The third-order valence-corrected chi connectivity index (χ3v) is 5.50. The van der Waals surface area contributed by atoms with E-state index in [4.69, 9.17) is 5.11 Å². The van der Waals surface area contributed by atoms with Crippen molar-refractivity contribution in [3.05, 3.63) is 34.4 Å². The van der Waals surface area contributed by atoms with Crippen molar-refractivity contribution >= 4 is 27.6 Å². The predicted molar refractivity (Wildman–Crippen MR) is 85.2 cm³/mol. The molecule has 0 bridgehead atoms. The Kier molecular flexibility index (Phi) is 5.38. The van der Waals surface area contributed by atoms with Crippen molar-refractivity contribution in [2.24, 2.45) is 11.8 Å². The molecule has 11 heteroatoms. The molecule has 2 atom stereocenters. The van der Waals surface area contributed by atoms with E-state index in [0.717, 1.165) is 12.1 Å². The van der Waals surface area contributed by atoms with Crippen LogP contribution >= 0.6 is 0 Å². The molecule has 1 fully saturated rings. The Hall–Kier alpha value is -2.53. The summed E-state index contributed by atoms with van der Waals surface area (Å²) in [6, 6.07) is 4.79. The van der Waals surface area contributed by atoms with Gasteiger partial charge in [0, 0.05) is 19.2 Å². The fraction of sp³-hybridized carbons (Fsp3) is 0.429. The minimum absolute atomic E-state index is 0.00253. The van der Waals surface area contributed by atoms with E-state index in [0.29, 0.717) is 0 Å². The summed E-state index contributed by atoms with van der Waals surface area (Å²) < 4.78 is 26.5. The standard InChI is InChI=1S/C14H17N3O7S/c1-9-7-16(8-10(9)14(19)20)13(18)6-15-25(23,24)12-5-3-2-4-11(12)17(21)22/h2-5,9-10,15H,6-8H2,1H3,(H,19,20)/t9-,10-/m1/s1. The molecule has 0 aliphatic carbocycles. The molecule has 136 valence electrons. The average Bonchev–Trinajstić information content (AvgIpc) is 2.95. The second kappa shape index (κ2) is 7.15. The Morgan fingerprint density at radius 1 is 1.36 bits per heavy atom. The molecule has 1 aromatic rings. The monoisotopic (exact) mass is 371 g/mol. The first kappa shape index (κ1) is 18.8. The number of rotatable bonds is 6. The number of likely N-dealkylation sites (tertiary alicyclic amines) is 1. The number of benzene rings is 1. The smallest absolute Gasteiger partial charge is 0.308 e. The van der Waals surface area contributed by atoms with Crippen molar-refractivity contribution in [1.29, 1.82) is 0 Å². The lowest BCUT2D eigenvalue weighted by molar-refractivity contribution is -0.387. The summed E-state index contributed by atoms with van der Waals surface area (Å²) in [5.74, 6) is -2.54. The molecule has 1 aliphatic rings. The summed E-state index contributed by atoms with van der Waals surface area (Å²) in [6.45, 7) is 1.31. The molecular formula is C14H17N3O7S. The van der Waals surface area contributed by atoms with Crippen LogP contribution in [0.15, 0.2) is 29.2 Å². The summed E-state index contributed by atoms with van der Waals surface area (Å²) >= 11 is 0. The lowest BCUT2D eigenvalue weighted by atomic mass is 9.99. The number of nitrogens with zero attached hydrogens (tertiary/aromatic N) is 2. The number of carboxylic acid groups (broad SMARTS) is 1. The molecule has 2 rings (SSSR count). The molecule has 0 aromatic heterocycles. The Balaban J connectivity index is 2.07. The van der Waals surface area contributed by atoms with Gasteiger partial charge in [0.2, 0.25) is 15.9 Å². The minimum atomic E-state index is -4.26. The highest BCUT2D eigenvalue weighted by Crippen LogP contribution is 2.24. The van der Waals surface area contributed by atoms with Crippen LogP contribution in [-0.4, -0.2) is 54.9 Å². The van der Waals surface area contributed by atoms with Gasteiger partial charge in [0.15, 0.2) is 4.90 Å². The van der Waals surface area contributed by atoms with E-state index in [1.807, 2.05) is 4.72 Å². The van der Waals surface area contributed by atoms with Gasteiger partial charge in [-0.1, -0.05) is 19.1 Å². The lowest BCUT2D eigenvalue weighted by Gasteiger charge is -2.16. The van der Waals surface area contributed by atoms with Crippen molar-refractivity contribution in [3.63, 3.8) is 0 Å². The topological polar surface area (TPSA) is 147 Å². The van der Waals surface area contributed by atoms with Gasteiger partial charge in [-0.15, -0.1) is 0 Å². The Bertz CT molecular complexity index is 808. The third-order valence-electron chi connectivity index (χ3n) is 4.05. The number of carbonyl (C=O) groups excluding carboxylic acids is 1. The van der Waals surface area contributed by atoms with Crippen LogP contribution < -0.4 is 4.72 Å². The highest BCUT2D eigenvalue weighted by atomic mass is 32.2. The molecule has 1 aromatic carbocycles. The van der Waals surface area contributed by atoms with Crippen molar-refractivity contribution in [1.82, 2.24) is 9.62 Å². The number of aliphatic carboxylic acids is 1. The number of carbonyl (C=O) groups is 2. The summed E-state index contributed by atoms with van der Waals surface area (Å²) in [5, 5.41) is 20.0. The van der Waals surface area contributed by atoms with Crippen molar-refractivity contribution < 1.29 is 28.0 Å². The number of hydrogen-bond acceptors (Lipinski definition) is 6. The van der Waals surface area contributed by atoms with Crippen LogP contribution in [0.1, 0.15) is 6.92 Å². The molecule has 0 spiro atoms. The average molecular weight is 371 g/mol. The van der Waals surface area contributed by atoms with E-state index in [-0.39, 0.29) is 19.0 Å². The van der Waals surface area contributed by atoms with Crippen molar-refractivity contribution in [3.8, 4) is 0 Å². The predicted octanol–water partition coefficient (Wildman–Crippen LogP) is 0.0522. The van der Waals surface area contributed by atoms with E-state index in [9.17, 15) is 28.1 Å². The first-order chi connectivity index (χ1) is 11.6. The van der Waals surface area contributed by atoms with E-state index in [1.54, 1.807) is 6.92 Å². The Morgan fingerprint density at radius 3 is 2.56 bits per heavy atom. The normalized spacial score (nSPS) is 20.4. The zero-order valence-corrected chi connectivity index (χ0v) is 14.1. The van der Waals surface area contributed by atoms with Gasteiger partial charge >= 0.3 is 5.97 Å². The molecule has 1 heterocycles. The molecule has 0 saturated carbocycles. The van der Waals surface area contributed by atoms with Crippen molar-refractivity contribution in [2.75, 3.05) is 19.6 Å². The van der Waals surface area contributed by atoms with Crippen LogP contribution in [0.25, 0.3) is 0 Å². The Labute approximate surface area is 143 Å². The number of nitro benzene ring substituents is 1. The van der Waals surface area contributed by atoms with E-state index >= 15 is 0 Å². The Morgan fingerprint density at radius 2 is 2.00 bits per heavy atom. The molecule has 1 saturated heterocycles. The van der Waals surface area contributed by atoms with Gasteiger partial charge in [-0.05, 0) is 12.0 Å². The summed E-state index contributed by atoms with van der Waals surface area (Å²) in [6.07, 6.45) is 0. The molecular weight excluding hydrogens is 354 g/mol. The maximum Gasteiger partial charge on any atom is 0.308 e. The van der Waals surface area contributed by atoms with Crippen molar-refractivity contribution in [2.45, 2.75) is 11.8 Å². The quantitative estimate of drug-likeness (QED) is 0.530. The summed E-state index contributed by atoms with van der Waals surface area (Å²) in [7, 11) is -4.26. The van der Waals surface area contributed by atoms with E-state index in [2.05, 4.69) is 0 Å². The fourth-order valence-corrected chi connectivity index (χ4v) is 3.82. The highest BCUT2D eigenvalue weighted by molar-refractivity contribution is 7.89. The zero-order valence-electron chi connectivity index (χ0n) is 13.3. The van der Waals surface area contributed by atoms with Gasteiger partial charge in [-0.25, -0.2) is 13.1 Å². The third kappa shape index (κ3) is 4.12. The first-order valence-electron chi connectivity index (χ1n) is 7.37. The second-order valence-electron chi connectivity index (χ2n) is 5.77.